The van der Waals surface area contributed by atoms with Gasteiger partial charge in [-0.15, -0.1) is 0 Å². The predicted octanol–water partition coefficient (Wildman–Crippen LogP) is 9.66. The summed E-state index contributed by atoms with van der Waals surface area (Å²) in [4.78, 5) is 0. The molecule has 0 saturated carbocycles. The Bertz CT molecular complexity index is 1390. The van der Waals surface area contributed by atoms with Crippen LogP contribution in [-0.2, 0) is 12.8 Å². The molecule has 0 radical (unpaired) electrons. The van der Waals surface area contributed by atoms with Gasteiger partial charge in [0.2, 0.25) is 0 Å². The van der Waals surface area contributed by atoms with Gasteiger partial charge in [-0.3, -0.25) is 0 Å². The highest BCUT2D eigenvalue weighted by atomic mass is 19.4. The van der Waals surface area contributed by atoms with Crippen molar-refractivity contribution in [3.8, 4) is 23.0 Å². The lowest BCUT2D eigenvalue weighted by molar-refractivity contribution is -0.127. The minimum atomic E-state index is -4.27. The molecular weight excluding hydrogens is 472 g/mol. The first-order valence-corrected chi connectivity index (χ1v) is 12.8. The van der Waals surface area contributed by atoms with Gasteiger partial charge in [0.25, 0.3) is 0 Å². The zero-order chi connectivity index (χ0) is 26.3. The summed E-state index contributed by atoms with van der Waals surface area (Å²) in [6.45, 7) is 2.22. The van der Waals surface area contributed by atoms with Gasteiger partial charge in [-0.05, 0) is 59.2 Å². The van der Waals surface area contributed by atoms with Crippen LogP contribution in [0.25, 0.3) is 21.9 Å². The van der Waals surface area contributed by atoms with E-state index in [1.807, 2.05) is 24.3 Å². The van der Waals surface area contributed by atoms with Crippen molar-refractivity contribution < 1.29 is 17.6 Å². The normalized spacial score (nSPS) is 11.4. The van der Waals surface area contributed by atoms with Crippen LogP contribution in [0, 0.1) is 17.7 Å². The first-order valence-electron chi connectivity index (χ1n) is 12.8. The van der Waals surface area contributed by atoms with Crippen molar-refractivity contribution in [2.45, 2.75) is 58.0 Å². The minimum Gasteiger partial charge on any atom is -0.206 e. The van der Waals surface area contributed by atoms with Crippen LogP contribution in [0.1, 0.15) is 61.3 Å². The Hall–Kier alpha value is -3.58. The molecule has 0 atom stereocenters. The highest BCUT2D eigenvalue weighted by molar-refractivity contribution is 5.89. The van der Waals surface area contributed by atoms with Gasteiger partial charge in [0.1, 0.15) is 5.82 Å². The Kier molecular flexibility index (Phi) is 8.66. The fourth-order valence-corrected chi connectivity index (χ4v) is 4.46. The highest BCUT2D eigenvalue weighted by Crippen LogP contribution is 2.30. The number of hydrogen-bond acceptors (Lipinski definition) is 0. The zero-order valence-corrected chi connectivity index (χ0v) is 21.0. The molecule has 0 amide bonds. The summed E-state index contributed by atoms with van der Waals surface area (Å²) in [6.07, 6.45) is 2.17. The van der Waals surface area contributed by atoms with E-state index < -0.39 is 18.4 Å². The molecule has 4 heteroatoms. The highest BCUT2D eigenvalue weighted by Gasteiger charge is 2.27. The van der Waals surface area contributed by atoms with Crippen LogP contribution in [0.3, 0.4) is 0 Å². The van der Waals surface area contributed by atoms with E-state index in [-0.39, 0.29) is 5.56 Å². The topological polar surface area (TPSA) is 0 Å². The van der Waals surface area contributed by atoms with Crippen LogP contribution in [-0.4, -0.2) is 6.18 Å². The number of alkyl halides is 3. The molecular formula is C33H30F4. The van der Waals surface area contributed by atoms with E-state index in [0.29, 0.717) is 16.5 Å². The molecule has 0 heterocycles. The molecule has 4 aromatic carbocycles. The summed E-state index contributed by atoms with van der Waals surface area (Å²) >= 11 is 0. The fraction of sp³-hybridized carbons (Fsp3) is 0.273. The van der Waals surface area contributed by atoms with Gasteiger partial charge in [-0.1, -0.05) is 99.0 Å². The number of aryl methyl sites for hydroxylation is 1. The summed E-state index contributed by atoms with van der Waals surface area (Å²) in [7, 11) is 0. The second-order valence-electron chi connectivity index (χ2n) is 9.46. The van der Waals surface area contributed by atoms with E-state index >= 15 is 4.39 Å². The number of halogens is 4. The lowest BCUT2D eigenvalue weighted by Gasteiger charge is -2.10. The zero-order valence-electron chi connectivity index (χ0n) is 21.0. The lowest BCUT2D eigenvalue weighted by atomic mass is 9.98. The van der Waals surface area contributed by atoms with Crippen LogP contribution in [0.4, 0.5) is 17.6 Å². The van der Waals surface area contributed by atoms with Crippen LogP contribution < -0.4 is 0 Å². The van der Waals surface area contributed by atoms with E-state index in [0.717, 1.165) is 22.9 Å². The van der Waals surface area contributed by atoms with Crippen molar-refractivity contribution in [1.82, 2.24) is 0 Å². The predicted molar refractivity (Wildman–Crippen MR) is 144 cm³/mol. The smallest absolute Gasteiger partial charge is 0.206 e. The summed E-state index contributed by atoms with van der Waals surface area (Å²) in [6, 6.07) is 23.0. The molecule has 0 nitrogen and oxygen atoms in total. The van der Waals surface area contributed by atoms with Gasteiger partial charge >= 0.3 is 6.18 Å². The fourth-order valence-electron chi connectivity index (χ4n) is 4.46. The van der Waals surface area contributed by atoms with Crippen molar-refractivity contribution in [2.24, 2.45) is 0 Å². The molecule has 0 N–H and O–H groups in total. The average Bonchev–Trinajstić information content (AvgIpc) is 2.88. The van der Waals surface area contributed by atoms with Crippen LogP contribution in [0.15, 0.2) is 78.9 Å². The second-order valence-corrected chi connectivity index (χ2v) is 9.46. The maximum Gasteiger partial charge on any atom is 0.393 e. The molecule has 0 saturated heterocycles. The average molecular weight is 503 g/mol. The molecule has 0 spiro atoms. The Morgan fingerprint density at radius 3 is 2.03 bits per heavy atom. The number of unbranched alkanes of at least 4 members (excludes halogenated alkanes) is 4. The molecule has 0 unspecified atom stereocenters. The van der Waals surface area contributed by atoms with E-state index in [1.165, 1.54) is 61.9 Å². The van der Waals surface area contributed by atoms with Gasteiger partial charge < -0.3 is 0 Å². The molecule has 190 valence electrons. The Labute approximate surface area is 216 Å². The van der Waals surface area contributed by atoms with E-state index in [9.17, 15) is 13.2 Å². The second kappa shape index (κ2) is 12.1. The van der Waals surface area contributed by atoms with Gasteiger partial charge in [0, 0.05) is 22.1 Å². The summed E-state index contributed by atoms with van der Waals surface area (Å²) in [5.41, 5.74) is 4.10. The minimum absolute atomic E-state index is 0.151. The molecule has 0 aromatic heterocycles. The first kappa shape index (κ1) is 26.5. The Morgan fingerprint density at radius 2 is 1.32 bits per heavy atom. The van der Waals surface area contributed by atoms with Crippen molar-refractivity contribution in [1.29, 1.82) is 0 Å². The number of benzene rings is 4. The van der Waals surface area contributed by atoms with Crippen molar-refractivity contribution >= 4 is 10.8 Å². The standard InChI is InChI=1S/C33H30F4/c1-2-3-4-5-6-7-24-8-10-25(11-9-24)12-13-26-16-20-31-29(22-26)19-21-30(32(31)34)28-17-14-27(15-18-28)23-33(35,36)37/h8-11,14-22H,2-7,23H2,1H3. The number of hydrogen-bond donors (Lipinski definition) is 0. The molecule has 37 heavy (non-hydrogen) atoms. The van der Waals surface area contributed by atoms with E-state index in [4.69, 9.17) is 0 Å². The quantitative estimate of drug-likeness (QED) is 0.128. The van der Waals surface area contributed by atoms with E-state index in [2.05, 4.69) is 30.9 Å². The molecule has 4 rings (SSSR count). The molecule has 0 aliphatic rings. The third kappa shape index (κ3) is 7.46. The van der Waals surface area contributed by atoms with Gasteiger partial charge in [-0.25, -0.2) is 4.39 Å². The SMILES string of the molecule is CCCCCCCc1ccc(C#Cc2ccc3c(F)c(-c4ccc(CC(F)(F)F)cc4)ccc3c2)cc1. The lowest BCUT2D eigenvalue weighted by Crippen LogP contribution is -2.11. The summed E-state index contributed by atoms with van der Waals surface area (Å²) < 4.78 is 53.1. The summed E-state index contributed by atoms with van der Waals surface area (Å²) in [5, 5.41) is 1.17. The molecule has 0 fully saturated rings. The first-order chi connectivity index (χ1) is 17.8. The third-order valence-electron chi connectivity index (χ3n) is 6.50. The molecule has 0 aliphatic carbocycles. The van der Waals surface area contributed by atoms with Crippen molar-refractivity contribution in [3.63, 3.8) is 0 Å². The molecule has 4 aromatic rings. The van der Waals surface area contributed by atoms with E-state index in [1.54, 1.807) is 18.2 Å². The maximum absolute atomic E-state index is 15.3. The summed E-state index contributed by atoms with van der Waals surface area (Å²) in [5.74, 6) is 5.95. The van der Waals surface area contributed by atoms with Crippen LogP contribution in [0.5, 0.6) is 0 Å². The molecule has 0 bridgehead atoms. The van der Waals surface area contributed by atoms with Gasteiger partial charge in [-0.2, -0.15) is 13.2 Å². The number of rotatable bonds is 8. The largest absolute Gasteiger partial charge is 0.393 e. The van der Waals surface area contributed by atoms with Crippen LogP contribution in [0.2, 0.25) is 0 Å². The monoisotopic (exact) mass is 502 g/mol. The third-order valence-corrected chi connectivity index (χ3v) is 6.50. The Morgan fingerprint density at radius 1 is 0.676 bits per heavy atom. The van der Waals surface area contributed by atoms with Gasteiger partial charge in [0.15, 0.2) is 0 Å². The van der Waals surface area contributed by atoms with Crippen molar-refractivity contribution in [2.75, 3.05) is 0 Å². The number of fused-ring (bicyclic) bond motifs is 1. The van der Waals surface area contributed by atoms with Crippen LogP contribution >= 0.6 is 0 Å². The Balaban J connectivity index is 1.45. The van der Waals surface area contributed by atoms with Crippen molar-refractivity contribution in [3.05, 3.63) is 107 Å². The molecule has 0 aliphatic heterocycles. The van der Waals surface area contributed by atoms with Gasteiger partial charge in [0.05, 0.1) is 6.42 Å². The maximum atomic E-state index is 15.3.